The number of nitro benzene ring substituents is 1. The van der Waals surface area contributed by atoms with E-state index < -0.39 is 10.9 Å². The number of hydrogen-bond acceptors (Lipinski definition) is 6. The fraction of sp³-hybridized carbons (Fsp3) is 0.174. The van der Waals surface area contributed by atoms with Crippen molar-refractivity contribution in [1.29, 1.82) is 5.26 Å². The molecule has 0 radical (unpaired) electrons. The van der Waals surface area contributed by atoms with E-state index in [0.29, 0.717) is 34.1 Å². The maximum absolute atomic E-state index is 12.8. The van der Waals surface area contributed by atoms with Crippen molar-refractivity contribution in [3.05, 3.63) is 81.0 Å². The van der Waals surface area contributed by atoms with Crippen LogP contribution in [0.3, 0.4) is 0 Å². The summed E-state index contributed by atoms with van der Waals surface area (Å²) < 4.78 is 5.12. The summed E-state index contributed by atoms with van der Waals surface area (Å²) >= 11 is 0. The van der Waals surface area contributed by atoms with Crippen LogP contribution in [0.15, 0.2) is 48.5 Å². The van der Waals surface area contributed by atoms with Gasteiger partial charge in [0.05, 0.1) is 21.7 Å². The highest BCUT2D eigenvalue weighted by Crippen LogP contribution is 2.36. The van der Waals surface area contributed by atoms with Crippen LogP contribution in [0.4, 0.5) is 5.69 Å². The number of benzene rings is 2. The van der Waals surface area contributed by atoms with E-state index in [4.69, 9.17) is 15.0 Å². The predicted molar refractivity (Wildman–Crippen MR) is 112 cm³/mol. The van der Waals surface area contributed by atoms with Crippen LogP contribution in [0.1, 0.15) is 40.0 Å². The second-order valence-electron chi connectivity index (χ2n) is 6.94. The zero-order chi connectivity index (χ0) is 21.1. The van der Waals surface area contributed by atoms with Crippen LogP contribution in [0.25, 0.3) is 22.6 Å². The third-order valence-corrected chi connectivity index (χ3v) is 5.06. The first-order valence-electron chi connectivity index (χ1n) is 9.49. The van der Waals surface area contributed by atoms with Crippen LogP contribution >= 0.6 is 0 Å². The molecule has 0 saturated heterocycles. The normalized spacial score (nSPS) is 14.2. The Morgan fingerprint density at radius 2 is 2.07 bits per heavy atom. The van der Waals surface area contributed by atoms with Gasteiger partial charge in [0.25, 0.3) is 5.69 Å². The molecule has 0 bridgehead atoms. The highest BCUT2D eigenvalue weighted by molar-refractivity contribution is 6.06. The van der Waals surface area contributed by atoms with Gasteiger partial charge in [-0.05, 0) is 48.1 Å². The maximum atomic E-state index is 12.8. The Hall–Kier alpha value is -4.05. The molecule has 30 heavy (non-hydrogen) atoms. The summed E-state index contributed by atoms with van der Waals surface area (Å²) in [5.41, 5.74) is 4.23. The molecule has 2 aromatic carbocycles. The standard InChI is InChI=1S/C23H17N3O4/c24-11-12-30-23(27)21-18-8-1-2-10-20(18)25-22-16(6-4-9-19(21)22)13-15-5-3-7-17(14-15)26(28)29/h1-3,5,7-8,10,13-14H,4,6,9,12H2/b16-13+. The third-order valence-electron chi connectivity index (χ3n) is 5.06. The molecule has 7 nitrogen and oxygen atoms in total. The van der Waals surface area contributed by atoms with Gasteiger partial charge in [-0.1, -0.05) is 30.3 Å². The minimum Gasteiger partial charge on any atom is -0.447 e. The van der Waals surface area contributed by atoms with Crippen LogP contribution < -0.4 is 0 Å². The molecule has 0 atom stereocenters. The number of carbonyl (C=O) groups is 1. The molecule has 0 fully saturated rings. The van der Waals surface area contributed by atoms with Crippen LogP contribution in [0.5, 0.6) is 0 Å². The van der Waals surface area contributed by atoms with Gasteiger partial charge < -0.3 is 4.74 Å². The fourth-order valence-electron chi connectivity index (χ4n) is 3.81. The van der Waals surface area contributed by atoms with Crippen molar-refractivity contribution in [2.75, 3.05) is 6.61 Å². The topological polar surface area (TPSA) is 106 Å². The summed E-state index contributed by atoms with van der Waals surface area (Å²) in [6.07, 6.45) is 4.10. The van der Waals surface area contributed by atoms with Gasteiger partial charge in [-0.3, -0.25) is 10.1 Å². The molecule has 148 valence electrons. The van der Waals surface area contributed by atoms with Crippen LogP contribution in [-0.2, 0) is 11.2 Å². The summed E-state index contributed by atoms with van der Waals surface area (Å²) in [7, 11) is 0. The van der Waals surface area contributed by atoms with Gasteiger partial charge >= 0.3 is 5.97 Å². The number of rotatable bonds is 4. The Morgan fingerprint density at radius 1 is 1.23 bits per heavy atom. The van der Waals surface area contributed by atoms with E-state index in [0.717, 1.165) is 24.0 Å². The second kappa shape index (κ2) is 8.13. The maximum Gasteiger partial charge on any atom is 0.340 e. The van der Waals surface area contributed by atoms with Gasteiger partial charge in [-0.2, -0.15) is 5.26 Å². The lowest BCUT2D eigenvalue weighted by molar-refractivity contribution is -0.384. The summed E-state index contributed by atoms with van der Waals surface area (Å²) in [6.45, 7) is -0.319. The lowest BCUT2D eigenvalue weighted by Gasteiger charge is -2.22. The summed E-state index contributed by atoms with van der Waals surface area (Å²) in [5.74, 6) is -0.539. The Labute approximate surface area is 172 Å². The molecule has 1 aliphatic rings. The number of pyridine rings is 1. The number of fused-ring (bicyclic) bond motifs is 2. The fourth-order valence-corrected chi connectivity index (χ4v) is 3.81. The SMILES string of the molecule is N#CCOC(=O)c1c2c(nc3ccccc13)/C(=C/c1cccc([N+](=O)[O-])c1)CCC2. The Kier molecular flexibility index (Phi) is 5.22. The number of para-hydroxylation sites is 1. The van der Waals surface area contributed by atoms with Gasteiger partial charge in [0.15, 0.2) is 6.61 Å². The molecule has 7 heteroatoms. The van der Waals surface area contributed by atoms with Crippen LogP contribution in [-0.4, -0.2) is 22.5 Å². The van der Waals surface area contributed by atoms with E-state index >= 15 is 0 Å². The van der Waals surface area contributed by atoms with E-state index in [-0.39, 0.29) is 12.3 Å². The van der Waals surface area contributed by atoms with Crippen molar-refractivity contribution in [3.8, 4) is 6.07 Å². The average molecular weight is 399 g/mol. The smallest absolute Gasteiger partial charge is 0.340 e. The predicted octanol–water partition coefficient (Wildman–Crippen LogP) is 4.70. The molecule has 4 rings (SSSR count). The molecular weight excluding hydrogens is 382 g/mol. The number of ether oxygens (including phenoxy) is 1. The van der Waals surface area contributed by atoms with Crippen LogP contribution in [0, 0.1) is 21.4 Å². The van der Waals surface area contributed by atoms with E-state index in [2.05, 4.69) is 0 Å². The molecule has 0 N–H and O–H groups in total. The quantitative estimate of drug-likeness (QED) is 0.358. The summed E-state index contributed by atoms with van der Waals surface area (Å²) in [5, 5.41) is 20.6. The number of nitro groups is 1. The van der Waals surface area contributed by atoms with Gasteiger partial charge in [0, 0.05) is 17.5 Å². The molecular formula is C23H17N3O4. The largest absolute Gasteiger partial charge is 0.447 e. The summed E-state index contributed by atoms with van der Waals surface area (Å²) in [4.78, 5) is 28.2. The number of allylic oxidation sites excluding steroid dienone is 1. The minimum absolute atomic E-state index is 0.0209. The minimum atomic E-state index is -0.539. The number of nitriles is 1. The molecule has 1 aromatic heterocycles. The summed E-state index contributed by atoms with van der Waals surface area (Å²) in [6, 6.07) is 15.6. The zero-order valence-corrected chi connectivity index (χ0v) is 16.0. The lowest BCUT2D eigenvalue weighted by atomic mass is 9.86. The number of hydrogen-bond donors (Lipinski definition) is 0. The molecule has 0 aliphatic heterocycles. The molecule has 0 unspecified atom stereocenters. The van der Waals surface area contributed by atoms with Gasteiger partial charge in [-0.15, -0.1) is 0 Å². The molecule has 0 amide bonds. The Balaban J connectivity index is 1.89. The molecule has 1 heterocycles. The van der Waals surface area contributed by atoms with Crippen molar-refractivity contribution in [1.82, 2.24) is 4.98 Å². The molecule has 0 saturated carbocycles. The van der Waals surface area contributed by atoms with E-state index in [1.54, 1.807) is 12.1 Å². The van der Waals surface area contributed by atoms with Crippen LogP contribution in [0.2, 0.25) is 0 Å². The molecule has 0 spiro atoms. The number of nitrogens with zero attached hydrogens (tertiary/aromatic N) is 3. The Morgan fingerprint density at radius 3 is 2.87 bits per heavy atom. The monoisotopic (exact) mass is 399 g/mol. The number of non-ortho nitro benzene ring substituents is 1. The van der Waals surface area contributed by atoms with Gasteiger partial charge in [0.1, 0.15) is 6.07 Å². The van der Waals surface area contributed by atoms with E-state index in [1.807, 2.05) is 36.4 Å². The molecule has 1 aliphatic carbocycles. The average Bonchev–Trinajstić information content (AvgIpc) is 2.76. The van der Waals surface area contributed by atoms with Crippen molar-refractivity contribution >= 4 is 34.2 Å². The third kappa shape index (κ3) is 3.63. The zero-order valence-electron chi connectivity index (χ0n) is 16.0. The van der Waals surface area contributed by atoms with Crippen molar-refractivity contribution in [3.63, 3.8) is 0 Å². The number of esters is 1. The number of carbonyl (C=O) groups excluding carboxylic acids is 1. The second-order valence-corrected chi connectivity index (χ2v) is 6.94. The Bertz CT molecular complexity index is 1240. The number of aromatic nitrogens is 1. The lowest BCUT2D eigenvalue weighted by Crippen LogP contribution is -2.15. The van der Waals surface area contributed by atoms with Crippen molar-refractivity contribution in [2.45, 2.75) is 19.3 Å². The van der Waals surface area contributed by atoms with Gasteiger partial charge in [-0.25, -0.2) is 9.78 Å². The van der Waals surface area contributed by atoms with E-state index in [9.17, 15) is 14.9 Å². The van der Waals surface area contributed by atoms with Crippen molar-refractivity contribution in [2.24, 2.45) is 0 Å². The van der Waals surface area contributed by atoms with Crippen molar-refractivity contribution < 1.29 is 14.5 Å². The highest BCUT2D eigenvalue weighted by atomic mass is 16.6. The first kappa shape index (κ1) is 19.3. The first-order chi connectivity index (χ1) is 14.6. The van der Waals surface area contributed by atoms with Gasteiger partial charge in [0.2, 0.25) is 0 Å². The molecule has 3 aromatic rings. The highest BCUT2D eigenvalue weighted by Gasteiger charge is 2.26. The first-order valence-corrected chi connectivity index (χ1v) is 9.49. The van der Waals surface area contributed by atoms with E-state index in [1.165, 1.54) is 12.1 Å².